The van der Waals surface area contributed by atoms with E-state index in [9.17, 15) is 13.6 Å². The summed E-state index contributed by atoms with van der Waals surface area (Å²) in [6.45, 7) is 5.56. The Morgan fingerprint density at radius 2 is 1.74 bits per heavy atom. The van der Waals surface area contributed by atoms with Gasteiger partial charge in [0.25, 0.3) is 5.56 Å². The molecule has 0 aliphatic heterocycles. The van der Waals surface area contributed by atoms with Crippen molar-refractivity contribution in [2.75, 3.05) is 0 Å². The van der Waals surface area contributed by atoms with Crippen LogP contribution in [0, 0.1) is 11.6 Å². The number of aromatic amines is 1. The molecule has 0 saturated carbocycles. The molecule has 0 spiro atoms. The van der Waals surface area contributed by atoms with Crippen LogP contribution in [0.25, 0.3) is 11.3 Å². The Morgan fingerprint density at radius 3 is 2.26 bits per heavy atom. The summed E-state index contributed by atoms with van der Waals surface area (Å²) < 4.78 is 27.4. The Bertz CT molecular complexity index is 652. The van der Waals surface area contributed by atoms with Gasteiger partial charge in [0.2, 0.25) is 0 Å². The first kappa shape index (κ1) is 13.4. The van der Waals surface area contributed by atoms with Gasteiger partial charge in [-0.25, -0.2) is 13.8 Å². The molecule has 0 amide bonds. The van der Waals surface area contributed by atoms with Crippen LogP contribution in [0.4, 0.5) is 8.78 Å². The standard InChI is InChI=1S/C14H14F2N2O/c1-14(2,3)13-17-10(7-11(19)18-13)12-8(15)5-4-6-9(12)16/h4-7H,1-3H3,(H,17,18,19). The predicted molar refractivity (Wildman–Crippen MR) is 68.9 cm³/mol. The van der Waals surface area contributed by atoms with E-state index in [-0.39, 0.29) is 11.3 Å². The minimum Gasteiger partial charge on any atom is -0.310 e. The smallest absolute Gasteiger partial charge is 0.251 e. The molecule has 1 N–H and O–H groups in total. The summed E-state index contributed by atoms with van der Waals surface area (Å²) in [4.78, 5) is 18.4. The maximum atomic E-state index is 13.7. The highest BCUT2D eigenvalue weighted by atomic mass is 19.1. The SMILES string of the molecule is CC(C)(C)c1nc(-c2c(F)cccc2F)cc(=O)[nH]1. The topological polar surface area (TPSA) is 45.8 Å². The van der Waals surface area contributed by atoms with Crippen LogP contribution in [0.5, 0.6) is 0 Å². The van der Waals surface area contributed by atoms with Gasteiger partial charge in [0.15, 0.2) is 0 Å². The average molecular weight is 264 g/mol. The molecule has 5 heteroatoms. The molecule has 0 bridgehead atoms. The molecular weight excluding hydrogens is 250 g/mol. The fourth-order valence-electron chi connectivity index (χ4n) is 1.68. The van der Waals surface area contributed by atoms with E-state index in [0.29, 0.717) is 5.82 Å². The Balaban J connectivity index is 2.70. The maximum Gasteiger partial charge on any atom is 0.251 e. The Hall–Kier alpha value is -2.04. The summed E-state index contributed by atoms with van der Waals surface area (Å²) >= 11 is 0. The van der Waals surface area contributed by atoms with Gasteiger partial charge in [-0.05, 0) is 12.1 Å². The Labute approximate surface area is 109 Å². The summed E-state index contributed by atoms with van der Waals surface area (Å²) in [7, 11) is 0. The van der Waals surface area contributed by atoms with Gasteiger partial charge < -0.3 is 4.98 Å². The zero-order valence-corrected chi connectivity index (χ0v) is 10.9. The quantitative estimate of drug-likeness (QED) is 0.860. The zero-order chi connectivity index (χ0) is 14.2. The first-order valence-corrected chi connectivity index (χ1v) is 5.85. The van der Waals surface area contributed by atoms with Crippen molar-refractivity contribution in [3.8, 4) is 11.3 Å². The minimum absolute atomic E-state index is 0.00396. The highest BCUT2D eigenvalue weighted by Gasteiger charge is 2.20. The summed E-state index contributed by atoms with van der Waals surface area (Å²) in [6.07, 6.45) is 0. The number of rotatable bonds is 1. The van der Waals surface area contributed by atoms with Crippen molar-refractivity contribution >= 4 is 0 Å². The lowest BCUT2D eigenvalue weighted by Gasteiger charge is -2.17. The lowest BCUT2D eigenvalue weighted by molar-refractivity contribution is 0.541. The van der Waals surface area contributed by atoms with Crippen LogP contribution in [0.2, 0.25) is 0 Å². The molecule has 2 rings (SSSR count). The van der Waals surface area contributed by atoms with Crippen LogP contribution < -0.4 is 5.56 Å². The lowest BCUT2D eigenvalue weighted by Crippen LogP contribution is -2.22. The largest absolute Gasteiger partial charge is 0.310 e. The monoisotopic (exact) mass is 264 g/mol. The van der Waals surface area contributed by atoms with Crippen molar-refractivity contribution < 1.29 is 8.78 Å². The number of hydrogen-bond donors (Lipinski definition) is 1. The molecule has 0 unspecified atom stereocenters. The molecule has 19 heavy (non-hydrogen) atoms. The van der Waals surface area contributed by atoms with E-state index in [1.54, 1.807) is 0 Å². The van der Waals surface area contributed by atoms with Crippen molar-refractivity contribution in [3.05, 3.63) is 52.1 Å². The van der Waals surface area contributed by atoms with Gasteiger partial charge in [0.1, 0.15) is 17.5 Å². The van der Waals surface area contributed by atoms with Crippen molar-refractivity contribution in [1.82, 2.24) is 9.97 Å². The summed E-state index contributed by atoms with van der Waals surface area (Å²) in [6, 6.07) is 4.64. The number of hydrogen-bond acceptors (Lipinski definition) is 2. The minimum atomic E-state index is -0.738. The number of aromatic nitrogens is 2. The molecule has 0 saturated heterocycles. The molecule has 1 aromatic carbocycles. The van der Waals surface area contributed by atoms with Gasteiger partial charge in [-0.3, -0.25) is 4.79 Å². The van der Waals surface area contributed by atoms with Gasteiger partial charge in [-0.1, -0.05) is 26.8 Å². The molecule has 2 aromatic rings. The van der Waals surface area contributed by atoms with Gasteiger partial charge >= 0.3 is 0 Å². The number of halogens is 2. The van der Waals surface area contributed by atoms with Crippen LogP contribution in [0.15, 0.2) is 29.1 Å². The number of H-pyrrole nitrogens is 1. The van der Waals surface area contributed by atoms with Gasteiger partial charge in [0, 0.05) is 11.5 Å². The third kappa shape index (κ3) is 2.70. The van der Waals surface area contributed by atoms with E-state index in [0.717, 1.165) is 18.2 Å². The molecule has 1 heterocycles. The summed E-state index contributed by atoms with van der Waals surface area (Å²) in [5, 5.41) is 0. The Morgan fingerprint density at radius 1 is 1.16 bits per heavy atom. The summed E-state index contributed by atoms with van der Waals surface area (Å²) in [5.41, 5.74) is -1.13. The number of benzene rings is 1. The molecular formula is C14H14F2N2O. The molecule has 3 nitrogen and oxygen atoms in total. The fourth-order valence-corrected chi connectivity index (χ4v) is 1.68. The second-order valence-corrected chi connectivity index (χ2v) is 5.33. The second-order valence-electron chi connectivity index (χ2n) is 5.33. The van der Waals surface area contributed by atoms with Gasteiger partial charge in [0.05, 0.1) is 11.3 Å². The third-order valence-corrected chi connectivity index (χ3v) is 2.67. The van der Waals surface area contributed by atoms with E-state index in [1.165, 1.54) is 6.07 Å². The average Bonchev–Trinajstić information content (AvgIpc) is 2.26. The van der Waals surface area contributed by atoms with E-state index >= 15 is 0 Å². The molecule has 0 aliphatic rings. The van der Waals surface area contributed by atoms with Crippen LogP contribution in [0.1, 0.15) is 26.6 Å². The second kappa shape index (κ2) is 4.57. The number of nitrogens with one attached hydrogen (secondary N) is 1. The lowest BCUT2D eigenvalue weighted by atomic mass is 9.95. The highest BCUT2D eigenvalue weighted by molar-refractivity contribution is 5.60. The predicted octanol–water partition coefficient (Wildman–Crippen LogP) is 3.01. The summed E-state index contributed by atoms with van der Waals surface area (Å²) in [5.74, 6) is -1.09. The first-order valence-electron chi connectivity index (χ1n) is 5.85. The molecule has 0 fully saturated rings. The van der Waals surface area contributed by atoms with E-state index < -0.39 is 22.6 Å². The van der Waals surface area contributed by atoms with Crippen LogP contribution in [0.3, 0.4) is 0 Å². The number of nitrogens with zero attached hydrogens (tertiary/aromatic N) is 1. The van der Waals surface area contributed by atoms with Crippen LogP contribution in [-0.2, 0) is 5.41 Å². The zero-order valence-electron chi connectivity index (χ0n) is 10.9. The van der Waals surface area contributed by atoms with Gasteiger partial charge in [-0.2, -0.15) is 0 Å². The highest BCUT2D eigenvalue weighted by Crippen LogP contribution is 2.25. The van der Waals surface area contributed by atoms with Crippen LogP contribution >= 0.6 is 0 Å². The van der Waals surface area contributed by atoms with E-state index in [1.807, 2.05) is 20.8 Å². The molecule has 0 atom stereocenters. The fraction of sp³-hybridized carbons (Fsp3) is 0.286. The van der Waals surface area contributed by atoms with Gasteiger partial charge in [-0.15, -0.1) is 0 Å². The molecule has 100 valence electrons. The van der Waals surface area contributed by atoms with Crippen molar-refractivity contribution in [1.29, 1.82) is 0 Å². The van der Waals surface area contributed by atoms with Crippen molar-refractivity contribution in [3.63, 3.8) is 0 Å². The van der Waals surface area contributed by atoms with Crippen molar-refractivity contribution in [2.24, 2.45) is 0 Å². The van der Waals surface area contributed by atoms with E-state index in [2.05, 4.69) is 9.97 Å². The van der Waals surface area contributed by atoms with Crippen LogP contribution in [-0.4, -0.2) is 9.97 Å². The molecule has 1 aromatic heterocycles. The van der Waals surface area contributed by atoms with E-state index in [4.69, 9.17) is 0 Å². The molecule has 0 radical (unpaired) electrons. The normalized spacial score (nSPS) is 11.6. The van der Waals surface area contributed by atoms with Crippen molar-refractivity contribution in [2.45, 2.75) is 26.2 Å². The first-order chi connectivity index (χ1) is 8.79. The third-order valence-electron chi connectivity index (χ3n) is 2.67. The Kier molecular flexibility index (Phi) is 3.22. The maximum absolute atomic E-state index is 13.7. The molecule has 0 aliphatic carbocycles.